The standard InChI is InChI=1S/C12H17OSe/c1-10(12(2,3)13-4)14-11-8-6-5-7-9-11/h5-10H,1H2,2-4H3. The minimum atomic E-state index is -0.129. The van der Waals surface area contributed by atoms with Gasteiger partial charge in [0.15, 0.2) is 0 Å². The van der Waals surface area contributed by atoms with Crippen LogP contribution >= 0.6 is 0 Å². The van der Waals surface area contributed by atoms with Crippen LogP contribution in [0.5, 0.6) is 0 Å². The van der Waals surface area contributed by atoms with Crippen molar-refractivity contribution in [2.24, 2.45) is 0 Å². The summed E-state index contributed by atoms with van der Waals surface area (Å²) in [7, 11) is 1.75. The molecule has 0 aliphatic carbocycles. The number of hydrogen-bond acceptors (Lipinski definition) is 1. The van der Waals surface area contributed by atoms with Crippen molar-refractivity contribution in [1.29, 1.82) is 0 Å². The van der Waals surface area contributed by atoms with Gasteiger partial charge in [0, 0.05) is 0 Å². The van der Waals surface area contributed by atoms with Crippen LogP contribution in [0.15, 0.2) is 30.3 Å². The van der Waals surface area contributed by atoms with E-state index < -0.39 is 0 Å². The normalized spacial score (nSPS) is 14.0. The summed E-state index contributed by atoms with van der Waals surface area (Å²) in [5.41, 5.74) is -0.129. The summed E-state index contributed by atoms with van der Waals surface area (Å²) in [6.07, 6.45) is 0. The Morgan fingerprint density at radius 2 is 1.86 bits per heavy atom. The van der Waals surface area contributed by atoms with E-state index in [1.54, 1.807) is 7.11 Å². The molecule has 0 fully saturated rings. The Morgan fingerprint density at radius 3 is 2.36 bits per heavy atom. The van der Waals surface area contributed by atoms with Crippen LogP contribution < -0.4 is 4.46 Å². The molecule has 77 valence electrons. The molecule has 1 rings (SSSR count). The second-order valence-corrected chi connectivity index (χ2v) is 6.40. The van der Waals surface area contributed by atoms with Gasteiger partial charge in [-0.2, -0.15) is 0 Å². The van der Waals surface area contributed by atoms with E-state index in [1.165, 1.54) is 4.46 Å². The van der Waals surface area contributed by atoms with E-state index in [1.807, 2.05) is 6.07 Å². The number of hydrogen-bond donors (Lipinski definition) is 0. The number of rotatable bonds is 4. The molecule has 1 unspecified atom stereocenters. The molecule has 0 aromatic heterocycles. The van der Waals surface area contributed by atoms with Gasteiger partial charge in [-0.3, -0.25) is 0 Å². The Kier molecular flexibility index (Phi) is 4.18. The van der Waals surface area contributed by atoms with Gasteiger partial charge >= 0.3 is 92.8 Å². The molecule has 0 aliphatic rings. The second-order valence-electron chi connectivity index (χ2n) is 3.73. The molecule has 0 heterocycles. The quantitative estimate of drug-likeness (QED) is 0.749. The third-order valence-corrected chi connectivity index (χ3v) is 5.25. The van der Waals surface area contributed by atoms with Gasteiger partial charge in [-0.15, -0.1) is 0 Å². The molecule has 0 saturated heterocycles. The zero-order chi connectivity index (χ0) is 10.6. The van der Waals surface area contributed by atoms with Crippen LogP contribution in [0.1, 0.15) is 13.8 Å². The van der Waals surface area contributed by atoms with Gasteiger partial charge in [0.05, 0.1) is 0 Å². The van der Waals surface area contributed by atoms with E-state index in [9.17, 15) is 0 Å². The first-order valence-corrected chi connectivity index (χ1v) is 6.51. The van der Waals surface area contributed by atoms with Crippen LogP contribution in [0.3, 0.4) is 0 Å². The molecule has 0 spiro atoms. The third-order valence-electron chi connectivity index (χ3n) is 2.32. The fraction of sp³-hybridized carbons (Fsp3) is 0.417. The molecule has 1 aromatic rings. The SMILES string of the molecule is [CH2]C([Se]c1ccccc1)C(C)(C)OC. The molecule has 1 aromatic carbocycles. The van der Waals surface area contributed by atoms with Crippen LogP contribution in [0.25, 0.3) is 0 Å². The van der Waals surface area contributed by atoms with Crippen LogP contribution in [-0.2, 0) is 4.74 Å². The average molecular weight is 256 g/mol. The molecule has 0 aliphatic heterocycles. The number of benzene rings is 1. The van der Waals surface area contributed by atoms with E-state index in [0.29, 0.717) is 19.8 Å². The van der Waals surface area contributed by atoms with Crippen LogP contribution in [0.4, 0.5) is 0 Å². The van der Waals surface area contributed by atoms with Crippen LogP contribution in [0.2, 0.25) is 4.82 Å². The van der Waals surface area contributed by atoms with Crippen molar-refractivity contribution in [3.63, 3.8) is 0 Å². The van der Waals surface area contributed by atoms with Crippen molar-refractivity contribution in [2.75, 3.05) is 7.11 Å². The average Bonchev–Trinajstić information content (AvgIpc) is 2.19. The van der Waals surface area contributed by atoms with Crippen molar-refractivity contribution in [3.8, 4) is 0 Å². The van der Waals surface area contributed by atoms with Gasteiger partial charge in [-0.25, -0.2) is 0 Å². The maximum atomic E-state index is 5.42. The Bertz CT molecular complexity index is 269. The van der Waals surface area contributed by atoms with Gasteiger partial charge < -0.3 is 0 Å². The molecule has 2 heteroatoms. The summed E-state index contributed by atoms with van der Waals surface area (Å²) < 4.78 is 6.80. The van der Waals surface area contributed by atoms with Crippen molar-refractivity contribution in [3.05, 3.63) is 37.3 Å². The number of ether oxygens (including phenoxy) is 1. The van der Waals surface area contributed by atoms with Gasteiger partial charge in [0.25, 0.3) is 0 Å². The van der Waals surface area contributed by atoms with Gasteiger partial charge in [0.2, 0.25) is 0 Å². The van der Waals surface area contributed by atoms with E-state index in [4.69, 9.17) is 4.74 Å². The molecule has 1 atom stereocenters. The monoisotopic (exact) mass is 257 g/mol. The zero-order valence-corrected chi connectivity index (χ0v) is 10.7. The van der Waals surface area contributed by atoms with Crippen molar-refractivity contribution in [2.45, 2.75) is 24.3 Å². The Labute approximate surface area is 93.0 Å². The Morgan fingerprint density at radius 1 is 1.29 bits per heavy atom. The molecule has 0 bridgehead atoms. The van der Waals surface area contributed by atoms with Crippen LogP contribution in [0, 0.1) is 6.92 Å². The second kappa shape index (κ2) is 4.97. The molecule has 14 heavy (non-hydrogen) atoms. The van der Waals surface area contributed by atoms with Crippen molar-refractivity contribution in [1.82, 2.24) is 0 Å². The van der Waals surface area contributed by atoms with Gasteiger partial charge in [-0.05, 0) is 0 Å². The number of methoxy groups -OCH3 is 1. The molecule has 1 nitrogen and oxygen atoms in total. The fourth-order valence-electron chi connectivity index (χ4n) is 0.937. The third kappa shape index (κ3) is 3.13. The summed E-state index contributed by atoms with van der Waals surface area (Å²) >= 11 is 0.376. The predicted octanol–water partition coefficient (Wildman–Crippen LogP) is 2.06. The Balaban J connectivity index is 2.62. The van der Waals surface area contributed by atoms with Crippen molar-refractivity contribution >= 4 is 19.4 Å². The molecular formula is C12H17OSe. The first-order valence-electron chi connectivity index (χ1n) is 4.66. The molecule has 0 N–H and O–H groups in total. The summed E-state index contributed by atoms with van der Waals surface area (Å²) in [5.74, 6) is 0. The van der Waals surface area contributed by atoms with Crippen LogP contribution in [-0.4, -0.2) is 27.7 Å². The molecule has 0 amide bonds. The summed E-state index contributed by atoms with van der Waals surface area (Å²) in [5, 5.41) is 0. The fourth-order valence-corrected chi connectivity index (χ4v) is 3.08. The van der Waals surface area contributed by atoms with E-state index in [2.05, 4.69) is 45.0 Å². The molecule has 1 radical (unpaired) electrons. The summed E-state index contributed by atoms with van der Waals surface area (Å²) in [6.45, 7) is 8.36. The molecule has 0 saturated carbocycles. The van der Waals surface area contributed by atoms with E-state index >= 15 is 0 Å². The zero-order valence-electron chi connectivity index (χ0n) is 8.99. The predicted molar refractivity (Wildman–Crippen MR) is 62.0 cm³/mol. The first kappa shape index (κ1) is 11.8. The molecular weight excluding hydrogens is 239 g/mol. The van der Waals surface area contributed by atoms with E-state index in [-0.39, 0.29) is 5.60 Å². The van der Waals surface area contributed by atoms with Crippen molar-refractivity contribution < 1.29 is 4.74 Å². The maximum absolute atomic E-state index is 5.42. The Hall–Kier alpha value is -0.301. The van der Waals surface area contributed by atoms with Gasteiger partial charge in [0.1, 0.15) is 0 Å². The van der Waals surface area contributed by atoms with E-state index in [0.717, 1.165) is 0 Å². The first-order chi connectivity index (χ1) is 6.56. The minimum absolute atomic E-state index is 0.129. The summed E-state index contributed by atoms with van der Waals surface area (Å²) in [4.78, 5) is 0.336. The summed E-state index contributed by atoms with van der Waals surface area (Å²) in [6, 6.07) is 10.5. The van der Waals surface area contributed by atoms with Gasteiger partial charge in [-0.1, -0.05) is 0 Å². The topological polar surface area (TPSA) is 9.23 Å².